The van der Waals surface area contributed by atoms with Crippen LogP contribution in [0.15, 0.2) is 24.4 Å². The number of aromatic carboxylic acids is 1. The minimum absolute atomic E-state index is 0.0228. The first-order chi connectivity index (χ1) is 9.09. The van der Waals surface area contributed by atoms with Crippen LogP contribution in [0.5, 0.6) is 0 Å². The van der Waals surface area contributed by atoms with Crippen molar-refractivity contribution in [3.63, 3.8) is 0 Å². The van der Waals surface area contributed by atoms with Gasteiger partial charge in [0.2, 0.25) is 0 Å². The smallest absolute Gasteiger partial charge is 0.404 e. The maximum Gasteiger partial charge on any atom is 0.404 e. The van der Waals surface area contributed by atoms with E-state index in [4.69, 9.17) is 5.73 Å². The van der Waals surface area contributed by atoms with Gasteiger partial charge in [-0.3, -0.25) is 4.40 Å². The number of aromatic nitrogens is 2. The molecule has 0 aliphatic carbocycles. The number of carbonyl (C=O) groups excluding carboxylic acids is 1. The monoisotopic (exact) mass is 264 g/mol. The Morgan fingerprint density at radius 1 is 1.47 bits per heavy atom. The molecule has 0 aliphatic heterocycles. The number of carboxylic acid groups (broad SMARTS) is 1. The van der Waals surface area contributed by atoms with Crippen LogP contribution in [-0.2, 0) is 4.74 Å². The van der Waals surface area contributed by atoms with Crippen molar-refractivity contribution in [1.82, 2.24) is 9.38 Å². The number of carbonyl (C=O) groups is 2. The summed E-state index contributed by atoms with van der Waals surface area (Å²) in [6.07, 6.45) is 0.729. The van der Waals surface area contributed by atoms with Gasteiger partial charge in [-0.2, -0.15) is 0 Å². The van der Waals surface area contributed by atoms with E-state index in [1.54, 1.807) is 24.4 Å². The molecule has 0 saturated heterocycles. The fourth-order valence-electron chi connectivity index (χ4n) is 1.64. The zero-order valence-corrected chi connectivity index (χ0v) is 9.87. The molecule has 0 spiro atoms. The van der Waals surface area contributed by atoms with Crippen molar-refractivity contribution in [3.8, 4) is 0 Å². The number of hydrogen-bond donors (Lipinski definition) is 3. The lowest BCUT2D eigenvalue weighted by molar-refractivity contribution is 0.0690. The Morgan fingerprint density at radius 3 is 2.95 bits per heavy atom. The van der Waals surface area contributed by atoms with Gasteiger partial charge in [-0.15, -0.1) is 0 Å². The third-order valence-electron chi connectivity index (χ3n) is 2.37. The first-order valence-corrected chi connectivity index (χ1v) is 5.46. The second-order valence-electron chi connectivity index (χ2n) is 3.64. The molecule has 0 radical (unpaired) electrons. The maximum absolute atomic E-state index is 11.2. The molecule has 2 heterocycles. The SMILES string of the molecule is NC(=O)OCCNc1nc2ccccn2c1C(=O)O. The second-order valence-corrected chi connectivity index (χ2v) is 3.64. The Hall–Kier alpha value is -2.77. The van der Waals surface area contributed by atoms with Gasteiger partial charge in [-0.05, 0) is 12.1 Å². The number of hydrogen-bond acceptors (Lipinski definition) is 5. The van der Waals surface area contributed by atoms with Gasteiger partial charge in [-0.1, -0.05) is 6.07 Å². The van der Waals surface area contributed by atoms with Crippen molar-refractivity contribution in [2.45, 2.75) is 0 Å². The predicted molar refractivity (Wildman–Crippen MR) is 66.2 cm³/mol. The number of nitrogens with two attached hydrogens (primary N) is 1. The largest absolute Gasteiger partial charge is 0.476 e. The van der Waals surface area contributed by atoms with E-state index in [0.29, 0.717) is 5.65 Å². The number of anilines is 1. The lowest BCUT2D eigenvalue weighted by Crippen LogP contribution is -2.19. The number of nitrogens with one attached hydrogen (secondary N) is 1. The lowest BCUT2D eigenvalue weighted by Gasteiger charge is -2.04. The molecule has 0 aromatic carbocycles. The first-order valence-electron chi connectivity index (χ1n) is 5.46. The maximum atomic E-state index is 11.2. The summed E-state index contributed by atoms with van der Waals surface area (Å²) in [5.74, 6) is -0.885. The zero-order chi connectivity index (χ0) is 13.8. The summed E-state index contributed by atoms with van der Waals surface area (Å²) in [5, 5.41) is 12.0. The number of nitrogens with zero attached hydrogens (tertiary/aromatic N) is 2. The molecule has 0 atom stereocenters. The number of carboxylic acids is 1. The predicted octanol–water partition coefficient (Wildman–Crippen LogP) is 0.540. The van der Waals surface area contributed by atoms with E-state index in [1.807, 2.05) is 0 Å². The van der Waals surface area contributed by atoms with Crippen LogP contribution in [0.1, 0.15) is 10.5 Å². The molecule has 0 unspecified atom stereocenters. The molecule has 2 aromatic rings. The summed E-state index contributed by atoms with van der Waals surface area (Å²) < 4.78 is 5.99. The van der Waals surface area contributed by atoms with Crippen molar-refractivity contribution < 1.29 is 19.4 Å². The molecule has 0 saturated carbocycles. The van der Waals surface area contributed by atoms with Crippen LogP contribution in [0.3, 0.4) is 0 Å². The van der Waals surface area contributed by atoms with Crippen LogP contribution in [-0.4, -0.2) is 39.7 Å². The highest BCUT2D eigenvalue weighted by Crippen LogP contribution is 2.17. The Kier molecular flexibility index (Phi) is 3.51. The average Bonchev–Trinajstić information content (AvgIpc) is 2.72. The average molecular weight is 264 g/mol. The van der Waals surface area contributed by atoms with Gasteiger partial charge in [0, 0.05) is 6.20 Å². The fourth-order valence-corrected chi connectivity index (χ4v) is 1.64. The molecule has 4 N–H and O–H groups in total. The molecule has 19 heavy (non-hydrogen) atoms. The Balaban J connectivity index is 2.20. The van der Waals surface area contributed by atoms with E-state index in [0.717, 1.165) is 0 Å². The van der Waals surface area contributed by atoms with Gasteiger partial charge < -0.3 is 20.9 Å². The van der Waals surface area contributed by atoms with Crippen LogP contribution < -0.4 is 11.1 Å². The number of fused-ring (bicyclic) bond motifs is 1. The van der Waals surface area contributed by atoms with Gasteiger partial charge in [-0.25, -0.2) is 14.6 Å². The van der Waals surface area contributed by atoms with Gasteiger partial charge in [0.15, 0.2) is 11.5 Å². The van der Waals surface area contributed by atoms with E-state index in [2.05, 4.69) is 15.0 Å². The summed E-state index contributed by atoms with van der Waals surface area (Å²) in [5.41, 5.74) is 5.34. The topological polar surface area (TPSA) is 119 Å². The first kappa shape index (κ1) is 12.7. The molecule has 100 valence electrons. The summed E-state index contributed by atoms with van der Waals surface area (Å²) in [6.45, 7) is 0.245. The third kappa shape index (κ3) is 2.73. The molecule has 1 amide bonds. The molecule has 0 aliphatic rings. The van der Waals surface area contributed by atoms with Crippen LogP contribution in [0.2, 0.25) is 0 Å². The molecular formula is C11H12N4O4. The highest BCUT2D eigenvalue weighted by Gasteiger charge is 2.17. The number of rotatable bonds is 5. The van der Waals surface area contributed by atoms with Gasteiger partial charge in [0.05, 0.1) is 6.54 Å². The van der Waals surface area contributed by atoms with E-state index in [-0.39, 0.29) is 24.7 Å². The quantitative estimate of drug-likeness (QED) is 0.678. The van der Waals surface area contributed by atoms with Gasteiger partial charge in [0.1, 0.15) is 12.3 Å². The fraction of sp³-hybridized carbons (Fsp3) is 0.182. The number of pyridine rings is 1. The summed E-state index contributed by atoms with van der Waals surface area (Å²) in [4.78, 5) is 25.8. The molecule has 8 nitrogen and oxygen atoms in total. The van der Waals surface area contributed by atoms with Crippen molar-refractivity contribution in [1.29, 1.82) is 0 Å². The number of ether oxygens (including phenoxy) is 1. The van der Waals surface area contributed by atoms with Crippen LogP contribution >= 0.6 is 0 Å². The molecule has 8 heteroatoms. The Labute approximate surface area is 107 Å². The normalized spacial score (nSPS) is 10.3. The van der Waals surface area contributed by atoms with E-state index >= 15 is 0 Å². The van der Waals surface area contributed by atoms with Gasteiger partial charge >= 0.3 is 12.1 Å². The molecule has 0 fully saturated rings. The highest BCUT2D eigenvalue weighted by molar-refractivity contribution is 5.92. The summed E-state index contributed by atoms with van der Waals surface area (Å²) in [7, 11) is 0. The van der Waals surface area contributed by atoms with Gasteiger partial charge in [0.25, 0.3) is 0 Å². The Morgan fingerprint density at radius 2 is 2.26 bits per heavy atom. The highest BCUT2D eigenvalue weighted by atomic mass is 16.5. The van der Waals surface area contributed by atoms with Crippen LogP contribution in [0.25, 0.3) is 5.65 Å². The molecular weight excluding hydrogens is 252 g/mol. The zero-order valence-electron chi connectivity index (χ0n) is 9.87. The number of amides is 1. The van der Waals surface area contributed by atoms with Crippen molar-refractivity contribution in [3.05, 3.63) is 30.1 Å². The van der Waals surface area contributed by atoms with Crippen LogP contribution in [0, 0.1) is 0 Å². The molecule has 0 bridgehead atoms. The number of primary amides is 1. The second kappa shape index (κ2) is 5.25. The Bertz CT molecular complexity index is 622. The molecule has 2 aromatic heterocycles. The lowest BCUT2D eigenvalue weighted by atomic mass is 10.4. The van der Waals surface area contributed by atoms with Crippen molar-refractivity contribution >= 4 is 23.5 Å². The minimum Gasteiger partial charge on any atom is -0.476 e. The van der Waals surface area contributed by atoms with E-state index < -0.39 is 12.1 Å². The van der Waals surface area contributed by atoms with E-state index in [9.17, 15) is 14.7 Å². The van der Waals surface area contributed by atoms with Crippen molar-refractivity contribution in [2.75, 3.05) is 18.5 Å². The third-order valence-corrected chi connectivity index (χ3v) is 2.37. The van der Waals surface area contributed by atoms with Crippen molar-refractivity contribution in [2.24, 2.45) is 5.73 Å². The van der Waals surface area contributed by atoms with Crippen LogP contribution in [0.4, 0.5) is 10.6 Å². The number of imidazole rings is 1. The van der Waals surface area contributed by atoms with E-state index in [1.165, 1.54) is 4.40 Å². The standard InChI is InChI=1S/C11H12N4O4/c12-11(18)19-6-4-13-9-8(10(16)17)15-5-2-1-3-7(15)14-9/h1-3,5,13H,4,6H2,(H2,12,18)(H,16,17). The summed E-state index contributed by atoms with van der Waals surface area (Å²) >= 11 is 0. The molecule has 2 rings (SSSR count). The summed E-state index contributed by atoms with van der Waals surface area (Å²) in [6, 6.07) is 5.16. The minimum atomic E-state index is -1.10.